The fourth-order valence-corrected chi connectivity index (χ4v) is 4.16. The van der Waals surface area contributed by atoms with E-state index in [0.29, 0.717) is 0 Å². The molecule has 12 heavy (non-hydrogen) atoms. The van der Waals surface area contributed by atoms with Gasteiger partial charge in [-0.25, -0.2) is 8.42 Å². The van der Waals surface area contributed by atoms with Gasteiger partial charge in [0.1, 0.15) is 0 Å². The Kier molecular flexibility index (Phi) is 4.40. The Hall–Kier alpha value is 0.1000. The molecule has 0 amide bonds. The zero-order chi connectivity index (χ0) is 9.83. The highest BCUT2D eigenvalue weighted by Crippen LogP contribution is 2.47. The molecule has 0 aromatic heterocycles. The monoisotopic (exact) mass is 216 g/mol. The SMILES string of the molecule is CCS(=O)(=O)CP(=O)(OC)OC. The molecule has 0 spiro atoms. The minimum Gasteiger partial charge on any atom is -0.311 e. The first kappa shape index (κ1) is 12.1. The topological polar surface area (TPSA) is 69.7 Å². The summed E-state index contributed by atoms with van der Waals surface area (Å²) in [7, 11) is -4.40. The normalized spacial score (nSPS) is 13.2. The van der Waals surface area contributed by atoms with Crippen molar-refractivity contribution < 1.29 is 22.0 Å². The van der Waals surface area contributed by atoms with Crippen LogP contribution < -0.4 is 0 Å². The summed E-state index contributed by atoms with van der Waals surface area (Å²) in [6, 6.07) is 0. The molecule has 74 valence electrons. The van der Waals surface area contributed by atoms with Crippen LogP contribution >= 0.6 is 7.60 Å². The van der Waals surface area contributed by atoms with Gasteiger partial charge in [-0.05, 0) is 0 Å². The van der Waals surface area contributed by atoms with E-state index >= 15 is 0 Å². The molecule has 5 nitrogen and oxygen atoms in total. The van der Waals surface area contributed by atoms with E-state index in [1.54, 1.807) is 0 Å². The lowest BCUT2D eigenvalue weighted by atomic mass is 11.0. The highest BCUT2D eigenvalue weighted by molar-refractivity contribution is 7.97. The highest BCUT2D eigenvalue weighted by atomic mass is 32.2. The van der Waals surface area contributed by atoms with E-state index in [1.807, 2.05) is 0 Å². The van der Waals surface area contributed by atoms with Gasteiger partial charge in [0.15, 0.2) is 15.3 Å². The number of hydrogen-bond acceptors (Lipinski definition) is 5. The smallest absolute Gasteiger partial charge is 0.311 e. The van der Waals surface area contributed by atoms with E-state index in [2.05, 4.69) is 9.05 Å². The van der Waals surface area contributed by atoms with Gasteiger partial charge in [-0.2, -0.15) is 0 Å². The second kappa shape index (κ2) is 4.37. The molecule has 0 rings (SSSR count). The first-order chi connectivity index (χ1) is 5.39. The van der Waals surface area contributed by atoms with Gasteiger partial charge in [0, 0.05) is 20.0 Å². The summed E-state index contributed by atoms with van der Waals surface area (Å²) >= 11 is 0. The van der Waals surface area contributed by atoms with Crippen molar-refractivity contribution in [1.82, 2.24) is 0 Å². The second-order valence-electron chi connectivity index (χ2n) is 2.14. The molecule has 0 bridgehead atoms. The van der Waals surface area contributed by atoms with Crippen molar-refractivity contribution in [3.63, 3.8) is 0 Å². The lowest BCUT2D eigenvalue weighted by Gasteiger charge is -2.12. The first-order valence-corrected chi connectivity index (χ1v) is 6.85. The Labute approximate surface area is 72.5 Å². The minimum atomic E-state index is -3.41. The van der Waals surface area contributed by atoms with E-state index in [-0.39, 0.29) is 5.75 Å². The summed E-state index contributed by atoms with van der Waals surface area (Å²) in [6.45, 7) is 1.48. The van der Waals surface area contributed by atoms with Crippen LogP contribution in [0.25, 0.3) is 0 Å². The second-order valence-corrected chi connectivity index (χ2v) is 7.19. The van der Waals surface area contributed by atoms with Crippen LogP contribution in [0.2, 0.25) is 0 Å². The van der Waals surface area contributed by atoms with E-state index < -0.39 is 22.9 Å². The van der Waals surface area contributed by atoms with Crippen LogP contribution in [0.3, 0.4) is 0 Å². The summed E-state index contributed by atoms with van der Waals surface area (Å²) in [5, 5.41) is 0. The molecule has 0 aromatic carbocycles. The standard InChI is InChI=1S/C5H13O5PS/c1-4-12(7,8)5-11(6,9-2)10-3/h4-5H2,1-3H3. The predicted octanol–water partition coefficient (Wildman–Crippen LogP) is 0.864. The third-order valence-corrected chi connectivity index (χ3v) is 6.18. The van der Waals surface area contributed by atoms with Gasteiger partial charge in [-0.15, -0.1) is 0 Å². The first-order valence-electron chi connectivity index (χ1n) is 3.30. The summed E-state index contributed by atoms with van der Waals surface area (Å²) in [6.07, 6.45) is 0. The summed E-state index contributed by atoms with van der Waals surface area (Å²) in [5.41, 5.74) is -0.552. The Morgan fingerprint density at radius 2 is 1.67 bits per heavy atom. The van der Waals surface area contributed by atoms with Crippen LogP contribution in [0, 0.1) is 0 Å². The van der Waals surface area contributed by atoms with E-state index in [4.69, 9.17) is 0 Å². The molecule has 0 heterocycles. The Bertz CT molecular complexity index is 262. The van der Waals surface area contributed by atoms with Gasteiger partial charge in [0.2, 0.25) is 0 Å². The van der Waals surface area contributed by atoms with Gasteiger partial charge in [0.05, 0.1) is 0 Å². The third kappa shape index (κ3) is 3.67. The lowest BCUT2D eigenvalue weighted by Crippen LogP contribution is -2.10. The molecule has 0 fully saturated rings. The van der Waals surface area contributed by atoms with E-state index in [1.165, 1.54) is 6.92 Å². The van der Waals surface area contributed by atoms with E-state index in [0.717, 1.165) is 14.2 Å². The van der Waals surface area contributed by atoms with Crippen molar-refractivity contribution in [2.24, 2.45) is 0 Å². The van der Waals surface area contributed by atoms with Crippen molar-refractivity contribution in [2.75, 3.05) is 25.5 Å². The quantitative estimate of drug-likeness (QED) is 0.637. The maximum atomic E-state index is 11.3. The van der Waals surface area contributed by atoms with Gasteiger partial charge < -0.3 is 9.05 Å². The fourth-order valence-electron chi connectivity index (χ4n) is 0.512. The molecule has 0 N–H and O–H groups in total. The third-order valence-electron chi connectivity index (χ3n) is 1.35. The van der Waals surface area contributed by atoms with Gasteiger partial charge in [-0.1, -0.05) is 6.92 Å². The molecule has 0 unspecified atom stereocenters. The maximum Gasteiger partial charge on any atom is 0.345 e. The molecule has 0 aliphatic heterocycles. The molecule has 0 radical (unpaired) electrons. The van der Waals surface area contributed by atoms with Crippen molar-refractivity contribution in [2.45, 2.75) is 6.92 Å². The molecule has 0 saturated carbocycles. The molecule has 0 atom stereocenters. The number of hydrogen-bond donors (Lipinski definition) is 0. The zero-order valence-electron chi connectivity index (χ0n) is 7.31. The van der Waals surface area contributed by atoms with Crippen LogP contribution in [-0.4, -0.2) is 33.9 Å². The predicted molar refractivity (Wildman–Crippen MR) is 46.0 cm³/mol. The fraction of sp³-hybridized carbons (Fsp3) is 1.00. The molecule has 0 aliphatic carbocycles. The van der Waals surface area contributed by atoms with E-state index in [9.17, 15) is 13.0 Å². The number of rotatable bonds is 5. The molecular formula is C5H13O5PS. The molecule has 0 aliphatic rings. The van der Waals surface area contributed by atoms with Crippen LogP contribution in [0.15, 0.2) is 0 Å². The summed E-state index contributed by atoms with van der Waals surface area (Å²) in [4.78, 5) is 0. The van der Waals surface area contributed by atoms with Crippen molar-refractivity contribution in [3.8, 4) is 0 Å². The molecule has 0 saturated heterocycles. The summed E-state index contributed by atoms with van der Waals surface area (Å²) in [5.74, 6) is -0.0658. The molecule has 7 heteroatoms. The van der Waals surface area contributed by atoms with Gasteiger partial charge >= 0.3 is 7.60 Å². The number of sulfone groups is 1. The largest absolute Gasteiger partial charge is 0.345 e. The average molecular weight is 216 g/mol. The minimum absolute atomic E-state index is 0.0658. The molecular weight excluding hydrogens is 203 g/mol. The lowest BCUT2D eigenvalue weighted by molar-refractivity contribution is 0.280. The van der Waals surface area contributed by atoms with Crippen LogP contribution in [0.5, 0.6) is 0 Å². The van der Waals surface area contributed by atoms with Crippen LogP contribution in [0.4, 0.5) is 0 Å². The van der Waals surface area contributed by atoms with Gasteiger partial charge in [0.25, 0.3) is 0 Å². The average Bonchev–Trinajstić information content (AvgIpc) is 2.04. The summed E-state index contributed by atoms with van der Waals surface area (Å²) < 4.78 is 42.3. The van der Waals surface area contributed by atoms with Crippen LogP contribution in [-0.2, 0) is 23.4 Å². The Balaban J connectivity index is 4.54. The Morgan fingerprint density at radius 1 is 1.25 bits per heavy atom. The van der Waals surface area contributed by atoms with Gasteiger partial charge in [-0.3, -0.25) is 4.57 Å². The highest BCUT2D eigenvalue weighted by Gasteiger charge is 2.28. The van der Waals surface area contributed by atoms with Crippen molar-refractivity contribution in [3.05, 3.63) is 0 Å². The van der Waals surface area contributed by atoms with Crippen LogP contribution in [0.1, 0.15) is 6.92 Å². The van der Waals surface area contributed by atoms with Crippen molar-refractivity contribution >= 4 is 17.4 Å². The Morgan fingerprint density at radius 3 is 1.92 bits per heavy atom. The zero-order valence-corrected chi connectivity index (χ0v) is 9.02. The maximum absolute atomic E-state index is 11.3. The molecule has 0 aromatic rings. The van der Waals surface area contributed by atoms with Crippen molar-refractivity contribution in [1.29, 1.82) is 0 Å².